The number of aromatic nitrogens is 2. The van der Waals surface area contributed by atoms with E-state index in [9.17, 15) is 14.3 Å². The van der Waals surface area contributed by atoms with Crippen molar-refractivity contribution in [1.29, 1.82) is 0 Å². The van der Waals surface area contributed by atoms with Crippen LogP contribution >= 0.6 is 0 Å². The van der Waals surface area contributed by atoms with Gasteiger partial charge < -0.3 is 14.7 Å². The zero-order valence-electron chi connectivity index (χ0n) is 14.1. The van der Waals surface area contributed by atoms with Gasteiger partial charge in [0, 0.05) is 25.2 Å². The summed E-state index contributed by atoms with van der Waals surface area (Å²) < 4.78 is 19.0. The topological polar surface area (TPSA) is 75.6 Å². The van der Waals surface area contributed by atoms with Crippen LogP contribution in [-0.2, 0) is 0 Å². The number of piperidine rings is 1. The number of β-amino-alcohol motifs (C(OH)–C–C–N with tert-alkyl or cyclic N) is 1. The van der Waals surface area contributed by atoms with Crippen LogP contribution in [0.15, 0.2) is 36.5 Å². The molecule has 132 valence electrons. The largest absolute Gasteiger partial charge is 0.487 e. The summed E-state index contributed by atoms with van der Waals surface area (Å²) in [6, 6.07) is 7.35. The molecule has 1 aliphatic heterocycles. The van der Waals surface area contributed by atoms with Gasteiger partial charge in [-0.3, -0.25) is 4.79 Å². The molecule has 0 bridgehead atoms. The number of aliphatic hydroxyl groups is 1. The summed E-state index contributed by atoms with van der Waals surface area (Å²) in [6.07, 6.45) is 1.43. The van der Waals surface area contributed by atoms with Gasteiger partial charge in [-0.15, -0.1) is 0 Å². The van der Waals surface area contributed by atoms with Crippen molar-refractivity contribution in [3.05, 3.63) is 53.9 Å². The predicted molar refractivity (Wildman–Crippen MR) is 88.7 cm³/mol. The number of amides is 1. The molecule has 1 amide bonds. The van der Waals surface area contributed by atoms with Crippen LogP contribution in [0, 0.1) is 12.7 Å². The number of rotatable bonds is 3. The normalized spacial score (nSPS) is 23.4. The van der Waals surface area contributed by atoms with E-state index in [0.717, 1.165) is 0 Å². The highest BCUT2D eigenvalue weighted by atomic mass is 19.1. The Morgan fingerprint density at radius 2 is 2.24 bits per heavy atom. The molecule has 25 heavy (non-hydrogen) atoms. The zero-order valence-corrected chi connectivity index (χ0v) is 14.1. The highest BCUT2D eigenvalue weighted by Gasteiger charge is 2.41. The lowest BCUT2D eigenvalue weighted by atomic mass is 9.91. The fraction of sp³-hybridized carbons (Fsp3) is 0.389. The Kier molecular flexibility index (Phi) is 4.67. The van der Waals surface area contributed by atoms with Crippen molar-refractivity contribution in [3.8, 4) is 5.75 Å². The molecule has 1 fully saturated rings. The molecule has 2 aromatic rings. The highest BCUT2D eigenvalue weighted by molar-refractivity contribution is 5.92. The first-order chi connectivity index (χ1) is 11.8. The van der Waals surface area contributed by atoms with E-state index in [1.54, 1.807) is 36.9 Å². The SMILES string of the molecule is Cc1nccc(C(=O)N2CC[C@H](Oc3cccc(F)c3)[C@@](C)(O)C2)n1. The molecule has 0 radical (unpaired) electrons. The first-order valence-corrected chi connectivity index (χ1v) is 8.09. The van der Waals surface area contributed by atoms with Crippen molar-refractivity contribution >= 4 is 5.91 Å². The van der Waals surface area contributed by atoms with Gasteiger partial charge in [0.15, 0.2) is 0 Å². The summed E-state index contributed by atoms with van der Waals surface area (Å²) in [5.74, 6) is 0.220. The molecular formula is C18H20FN3O3. The lowest BCUT2D eigenvalue weighted by Gasteiger charge is -2.42. The number of hydrogen-bond donors (Lipinski definition) is 1. The van der Waals surface area contributed by atoms with E-state index in [-0.39, 0.29) is 12.5 Å². The maximum atomic E-state index is 13.3. The first-order valence-electron chi connectivity index (χ1n) is 8.09. The number of hydrogen-bond acceptors (Lipinski definition) is 5. The van der Waals surface area contributed by atoms with Crippen molar-refractivity contribution in [3.63, 3.8) is 0 Å². The predicted octanol–water partition coefficient (Wildman–Crippen LogP) is 1.97. The van der Waals surface area contributed by atoms with Gasteiger partial charge in [-0.2, -0.15) is 0 Å². The smallest absolute Gasteiger partial charge is 0.272 e. The molecule has 1 aromatic carbocycles. The molecular weight excluding hydrogens is 325 g/mol. The maximum Gasteiger partial charge on any atom is 0.272 e. The Morgan fingerprint density at radius 1 is 1.44 bits per heavy atom. The number of carbonyl (C=O) groups is 1. The Labute approximate surface area is 145 Å². The number of halogens is 1. The monoisotopic (exact) mass is 345 g/mol. The summed E-state index contributed by atoms with van der Waals surface area (Å²) in [5.41, 5.74) is -0.963. The second kappa shape index (κ2) is 6.76. The zero-order chi connectivity index (χ0) is 18.0. The van der Waals surface area contributed by atoms with Crippen molar-refractivity contribution in [2.45, 2.75) is 32.0 Å². The molecule has 1 saturated heterocycles. The quantitative estimate of drug-likeness (QED) is 0.920. The average molecular weight is 345 g/mol. The molecule has 1 aromatic heterocycles. The van der Waals surface area contributed by atoms with E-state index in [0.29, 0.717) is 30.2 Å². The molecule has 0 unspecified atom stereocenters. The van der Waals surface area contributed by atoms with E-state index in [4.69, 9.17) is 4.74 Å². The van der Waals surface area contributed by atoms with E-state index in [2.05, 4.69) is 9.97 Å². The fourth-order valence-corrected chi connectivity index (χ4v) is 2.95. The number of aryl methyl sites for hydroxylation is 1. The molecule has 1 aliphatic rings. The van der Waals surface area contributed by atoms with Gasteiger partial charge in [-0.25, -0.2) is 14.4 Å². The van der Waals surface area contributed by atoms with E-state index < -0.39 is 17.5 Å². The van der Waals surface area contributed by atoms with Crippen molar-refractivity contribution < 1.29 is 19.0 Å². The molecule has 0 spiro atoms. The van der Waals surface area contributed by atoms with Crippen LogP contribution < -0.4 is 4.74 Å². The van der Waals surface area contributed by atoms with Gasteiger partial charge in [0.05, 0.1) is 6.54 Å². The summed E-state index contributed by atoms with van der Waals surface area (Å²) >= 11 is 0. The van der Waals surface area contributed by atoms with Gasteiger partial charge in [-0.1, -0.05) is 6.07 Å². The minimum Gasteiger partial charge on any atom is -0.487 e. The van der Waals surface area contributed by atoms with Gasteiger partial charge in [-0.05, 0) is 32.0 Å². The van der Waals surface area contributed by atoms with Crippen LogP contribution in [0.4, 0.5) is 4.39 Å². The van der Waals surface area contributed by atoms with Gasteiger partial charge in [0.2, 0.25) is 0 Å². The van der Waals surface area contributed by atoms with Crippen LogP contribution in [0.2, 0.25) is 0 Å². The van der Waals surface area contributed by atoms with Crippen molar-refractivity contribution in [2.75, 3.05) is 13.1 Å². The molecule has 2 atom stereocenters. The molecule has 7 heteroatoms. The van der Waals surface area contributed by atoms with Crippen LogP contribution in [0.1, 0.15) is 29.7 Å². The van der Waals surface area contributed by atoms with Crippen molar-refractivity contribution in [1.82, 2.24) is 14.9 Å². The first kappa shape index (κ1) is 17.3. The molecule has 2 heterocycles. The van der Waals surface area contributed by atoms with Gasteiger partial charge in [0.1, 0.15) is 34.8 Å². The third-order valence-corrected chi connectivity index (χ3v) is 4.22. The minimum absolute atomic E-state index is 0.106. The third kappa shape index (κ3) is 3.93. The van der Waals surface area contributed by atoms with E-state index in [1.807, 2.05) is 0 Å². The standard InChI is InChI=1S/C18H20FN3O3/c1-12-20-8-6-15(21-12)17(23)22-9-7-16(18(2,24)11-22)25-14-5-3-4-13(19)10-14/h3-6,8,10,16,24H,7,9,11H2,1-2H3/t16-,18-/m0/s1. The highest BCUT2D eigenvalue weighted by Crippen LogP contribution is 2.27. The fourth-order valence-electron chi connectivity index (χ4n) is 2.95. The van der Waals surface area contributed by atoms with Crippen LogP contribution in [-0.4, -0.2) is 50.7 Å². The molecule has 1 N–H and O–H groups in total. The summed E-state index contributed by atoms with van der Waals surface area (Å²) in [5, 5.41) is 10.7. The average Bonchev–Trinajstić information content (AvgIpc) is 2.56. The van der Waals surface area contributed by atoms with Gasteiger partial charge in [0.25, 0.3) is 5.91 Å². The molecule has 0 aliphatic carbocycles. The minimum atomic E-state index is -1.26. The Balaban J connectivity index is 1.70. The van der Waals surface area contributed by atoms with Crippen LogP contribution in [0.3, 0.4) is 0 Å². The number of ether oxygens (including phenoxy) is 1. The van der Waals surface area contributed by atoms with Crippen LogP contribution in [0.25, 0.3) is 0 Å². The molecule has 3 rings (SSSR count). The summed E-state index contributed by atoms with van der Waals surface area (Å²) in [4.78, 5) is 22.2. The Hall–Kier alpha value is -2.54. The molecule has 0 saturated carbocycles. The maximum absolute atomic E-state index is 13.3. The second-order valence-corrected chi connectivity index (χ2v) is 6.43. The second-order valence-electron chi connectivity index (χ2n) is 6.43. The summed E-state index contributed by atoms with van der Waals surface area (Å²) in [6.45, 7) is 3.85. The third-order valence-electron chi connectivity index (χ3n) is 4.22. The number of benzene rings is 1. The number of nitrogens with zero attached hydrogens (tertiary/aromatic N) is 3. The lowest BCUT2D eigenvalue weighted by molar-refractivity contribution is -0.0900. The number of likely N-dealkylation sites (tertiary alicyclic amines) is 1. The van der Waals surface area contributed by atoms with Crippen molar-refractivity contribution in [2.24, 2.45) is 0 Å². The number of carbonyl (C=O) groups excluding carboxylic acids is 1. The lowest BCUT2D eigenvalue weighted by Crippen LogP contribution is -2.58. The Bertz CT molecular complexity index is 782. The molecule has 6 nitrogen and oxygen atoms in total. The summed E-state index contributed by atoms with van der Waals surface area (Å²) in [7, 11) is 0. The van der Waals surface area contributed by atoms with Crippen LogP contribution in [0.5, 0.6) is 5.75 Å². The van der Waals surface area contributed by atoms with Gasteiger partial charge >= 0.3 is 0 Å². The van der Waals surface area contributed by atoms with E-state index in [1.165, 1.54) is 18.3 Å². The Morgan fingerprint density at radius 3 is 2.92 bits per heavy atom. The van der Waals surface area contributed by atoms with E-state index >= 15 is 0 Å².